The topological polar surface area (TPSA) is 44.1 Å². The average Bonchev–Trinajstić information content (AvgIpc) is 2.59. The Labute approximate surface area is 145 Å². The molecule has 3 rings (SSSR count). The van der Waals surface area contributed by atoms with Gasteiger partial charge in [0.15, 0.2) is 0 Å². The Morgan fingerprint density at radius 1 is 1.12 bits per heavy atom. The molecular formula is C19H17ClN2O2. The van der Waals surface area contributed by atoms with Crippen molar-refractivity contribution in [1.29, 1.82) is 0 Å². The van der Waals surface area contributed by atoms with Crippen LogP contribution >= 0.6 is 11.6 Å². The van der Waals surface area contributed by atoms with Crippen LogP contribution < -0.4 is 10.3 Å². The van der Waals surface area contributed by atoms with Gasteiger partial charge in [0.2, 0.25) is 5.75 Å². The van der Waals surface area contributed by atoms with Gasteiger partial charge in [-0.15, -0.1) is 0 Å². The Balaban J connectivity index is 2.19. The van der Waals surface area contributed by atoms with Crippen molar-refractivity contribution in [2.45, 2.75) is 13.5 Å². The van der Waals surface area contributed by atoms with E-state index in [0.717, 1.165) is 16.7 Å². The van der Waals surface area contributed by atoms with Crippen LogP contribution in [0.15, 0.2) is 59.5 Å². The van der Waals surface area contributed by atoms with Crippen LogP contribution in [0, 0.1) is 6.92 Å². The highest BCUT2D eigenvalue weighted by molar-refractivity contribution is 6.31. The average molecular weight is 341 g/mol. The van der Waals surface area contributed by atoms with Crippen molar-refractivity contribution in [3.63, 3.8) is 0 Å². The van der Waals surface area contributed by atoms with E-state index in [1.165, 1.54) is 7.11 Å². The van der Waals surface area contributed by atoms with Gasteiger partial charge in [-0.2, -0.15) is 4.98 Å². The molecule has 0 unspecified atom stereocenters. The second-order valence-electron chi connectivity index (χ2n) is 5.46. The standard InChI is InChI=1S/C19H17ClN2O2/c1-13-15(9-6-10-16(13)20)18-21-19(23)17(24-2)12-22(18)11-14-7-4-3-5-8-14/h3-10,12H,11H2,1-2H3. The van der Waals surface area contributed by atoms with Gasteiger partial charge in [-0.1, -0.05) is 54.1 Å². The van der Waals surface area contributed by atoms with Crippen LogP contribution in [0.5, 0.6) is 5.75 Å². The van der Waals surface area contributed by atoms with Crippen LogP contribution in [0.3, 0.4) is 0 Å². The molecule has 0 saturated carbocycles. The first-order valence-corrected chi connectivity index (χ1v) is 7.93. The zero-order chi connectivity index (χ0) is 17.1. The molecule has 0 aliphatic carbocycles. The van der Waals surface area contributed by atoms with E-state index in [4.69, 9.17) is 16.3 Å². The van der Waals surface area contributed by atoms with Gasteiger partial charge in [-0.25, -0.2) is 0 Å². The first-order chi connectivity index (χ1) is 11.6. The summed E-state index contributed by atoms with van der Waals surface area (Å²) in [5.41, 5.74) is 2.43. The number of ether oxygens (including phenoxy) is 1. The van der Waals surface area contributed by atoms with Crippen molar-refractivity contribution >= 4 is 11.6 Å². The largest absolute Gasteiger partial charge is 0.490 e. The van der Waals surface area contributed by atoms with Gasteiger partial charge in [0.1, 0.15) is 5.82 Å². The quantitative estimate of drug-likeness (QED) is 0.722. The van der Waals surface area contributed by atoms with E-state index in [-0.39, 0.29) is 5.75 Å². The summed E-state index contributed by atoms with van der Waals surface area (Å²) in [6, 6.07) is 15.6. The number of aromatic nitrogens is 2. The number of methoxy groups -OCH3 is 1. The number of benzene rings is 2. The highest BCUT2D eigenvalue weighted by Gasteiger charge is 2.14. The van der Waals surface area contributed by atoms with E-state index in [1.807, 2.05) is 60.0 Å². The zero-order valence-corrected chi connectivity index (χ0v) is 14.2. The predicted octanol–water partition coefficient (Wildman–Crippen LogP) is 3.93. The number of nitrogens with zero attached hydrogens (tertiary/aromatic N) is 2. The lowest BCUT2D eigenvalue weighted by Crippen LogP contribution is -2.17. The van der Waals surface area contributed by atoms with Gasteiger partial charge < -0.3 is 9.30 Å². The van der Waals surface area contributed by atoms with Crippen molar-refractivity contribution in [3.05, 3.63) is 81.2 Å². The fraction of sp³-hybridized carbons (Fsp3) is 0.158. The van der Waals surface area contributed by atoms with Crippen molar-refractivity contribution in [3.8, 4) is 17.1 Å². The summed E-state index contributed by atoms with van der Waals surface area (Å²) < 4.78 is 7.06. The number of halogens is 1. The minimum atomic E-state index is -0.392. The van der Waals surface area contributed by atoms with Crippen LogP contribution in [0.1, 0.15) is 11.1 Å². The maximum atomic E-state index is 12.2. The second-order valence-corrected chi connectivity index (χ2v) is 5.87. The summed E-state index contributed by atoms with van der Waals surface area (Å²) in [5.74, 6) is 0.791. The Morgan fingerprint density at radius 2 is 1.88 bits per heavy atom. The molecule has 0 fully saturated rings. The first-order valence-electron chi connectivity index (χ1n) is 7.55. The van der Waals surface area contributed by atoms with Crippen molar-refractivity contribution in [1.82, 2.24) is 9.55 Å². The maximum Gasteiger partial charge on any atom is 0.315 e. The third kappa shape index (κ3) is 3.19. The SMILES string of the molecule is COc1cn(Cc2ccccc2)c(-c2cccc(Cl)c2C)nc1=O. The summed E-state index contributed by atoms with van der Waals surface area (Å²) in [6.07, 6.45) is 1.69. The lowest BCUT2D eigenvalue weighted by Gasteiger charge is -2.16. The first kappa shape index (κ1) is 16.3. The normalized spacial score (nSPS) is 10.6. The molecule has 0 amide bonds. The molecule has 4 nitrogen and oxygen atoms in total. The fourth-order valence-corrected chi connectivity index (χ4v) is 2.75. The highest BCUT2D eigenvalue weighted by Crippen LogP contribution is 2.27. The monoisotopic (exact) mass is 340 g/mol. The van der Waals surface area contributed by atoms with E-state index < -0.39 is 5.56 Å². The predicted molar refractivity (Wildman–Crippen MR) is 95.8 cm³/mol. The number of hydrogen-bond acceptors (Lipinski definition) is 3. The lowest BCUT2D eigenvalue weighted by atomic mass is 10.1. The van der Waals surface area contributed by atoms with Crippen LogP contribution in [0.4, 0.5) is 0 Å². The molecule has 0 atom stereocenters. The third-order valence-corrected chi connectivity index (χ3v) is 4.30. The van der Waals surface area contributed by atoms with Crippen molar-refractivity contribution in [2.24, 2.45) is 0 Å². The van der Waals surface area contributed by atoms with E-state index in [9.17, 15) is 4.79 Å². The minimum absolute atomic E-state index is 0.217. The highest BCUT2D eigenvalue weighted by atomic mass is 35.5. The molecule has 3 aromatic rings. The number of hydrogen-bond donors (Lipinski definition) is 0. The van der Waals surface area contributed by atoms with Crippen LogP contribution in [-0.2, 0) is 6.54 Å². The molecule has 0 bridgehead atoms. The summed E-state index contributed by atoms with van der Waals surface area (Å²) in [7, 11) is 1.47. The zero-order valence-electron chi connectivity index (χ0n) is 13.5. The lowest BCUT2D eigenvalue weighted by molar-refractivity contribution is 0.402. The molecule has 5 heteroatoms. The molecule has 2 aromatic carbocycles. The molecular weight excluding hydrogens is 324 g/mol. The van der Waals surface area contributed by atoms with Crippen molar-refractivity contribution < 1.29 is 4.74 Å². The Hall–Kier alpha value is -2.59. The van der Waals surface area contributed by atoms with Crippen LogP contribution in [0.2, 0.25) is 5.02 Å². The van der Waals surface area contributed by atoms with Gasteiger partial charge in [-0.05, 0) is 24.1 Å². The fourth-order valence-electron chi connectivity index (χ4n) is 2.58. The van der Waals surface area contributed by atoms with E-state index >= 15 is 0 Å². The van der Waals surface area contributed by atoms with Gasteiger partial charge in [0.05, 0.1) is 13.3 Å². The van der Waals surface area contributed by atoms with Gasteiger partial charge in [-0.3, -0.25) is 4.79 Å². The smallest absolute Gasteiger partial charge is 0.315 e. The van der Waals surface area contributed by atoms with E-state index in [1.54, 1.807) is 6.20 Å². The Kier molecular flexibility index (Phi) is 4.67. The van der Waals surface area contributed by atoms with Crippen LogP contribution in [-0.4, -0.2) is 16.7 Å². The minimum Gasteiger partial charge on any atom is -0.490 e. The molecule has 24 heavy (non-hydrogen) atoms. The molecule has 0 spiro atoms. The second kappa shape index (κ2) is 6.89. The molecule has 1 heterocycles. The number of rotatable bonds is 4. The molecule has 0 aliphatic heterocycles. The summed E-state index contributed by atoms with van der Waals surface area (Å²) in [5, 5.41) is 0.642. The molecule has 0 N–H and O–H groups in total. The van der Waals surface area contributed by atoms with Gasteiger partial charge in [0, 0.05) is 17.1 Å². The molecule has 0 radical (unpaired) electrons. The van der Waals surface area contributed by atoms with E-state index in [2.05, 4.69) is 4.98 Å². The maximum absolute atomic E-state index is 12.2. The molecule has 122 valence electrons. The third-order valence-electron chi connectivity index (χ3n) is 3.89. The molecule has 0 saturated heterocycles. The van der Waals surface area contributed by atoms with Crippen molar-refractivity contribution in [2.75, 3.05) is 7.11 Å². The summed E-state index contributed by atoms with van der Waals surface area (Å²) in [4.78, 5) is 16.4. The Morgan fingerprint density at radius 3 is 2.58 bits per heavy atom. The van der Waals surface area contributed by atoms with Gasteiger partial charge in [0.25, 0.3) is 0 Å². The summed E-state index contributed by atoms with van der Waals surface area (Å²) >= 11 is 6.23. The van der Waals surface area contributed by atoms with E-state index in [0.29, 0.717) is 17.4 Å². The van der Waals surface area contributed by atoms with Gasteiger partial charge >= 0.3 is 5.56 Å². The Bertz CT molecular complexity index is 920. The molecule has 0 aliphatic rings. The van der Waals surface area contributed by atoms with Crippen LogP contribution in [0.25, 0.3) is 11.4 Å². The summed E-state index contributed by atoms with van der Waals surface area (Å²) in [6.45, 7) is 2.49. The molecule has 1 aromatic heterocycles.